The van der Waals surface area contributed by atoms with Gasteiger partial charge in [-0.05, 0) is 70.6 Å². The number of esters is 3. The Labute approximate surface area is 423 Å². The van der Waals surface area contributed by atoms with Crippen molar-refractivity contribution in [3.8, 4) is 0 Å². The number of carbonyl (C=O) groups is 3. The molecule has 0 heterocycles. The number of unbranched alkanes of at least 4 members (excludes halogenated alkanes) is 41. The van der Waals surface area contributed by atoms with E-state index in [2.05, 4.69) is 45.1 Å². The largest absolute Gasteiger partial charge is 0.462 e. The third kappa shape index (κ3) is 54.8. The van der Waals surface area contributed by atoms with Gasteiger partial charge in [-0.15, -0.1) is 0 Å². The van der Waals surface area contributed by atoms with Crippen molar-refractivity contribution in [3.63, 3.8) is 0 Å². The Morgan fingerprint density at radius 2 is 0.485 bits per heavy atom. The van der Waals surface area contributed by atoms with Gasteiger partial charge in [0, 0.05) is 19.3 Å². The molecule has 0 fully saturated rings. The van der Waals surface area contributed by atoms with E-state index in [0.717, 1.165) is 57.8 Å². The number of ether oxygens (including phenoxy) is 3. The van der Waals surface area contributed by atoms with Crippen molar-refractivity contribution >= 4 is 17.9 Å². The van der Waals surface area contributed by atoms with Crippen molar-refractivity contribution in [2.45, 2.75) is 341 Å². The smallest absolute Gasteiger partial charge is 0.306 e. The topological polar surface area (TPSA) is 78.9 Å². The van der Waals surface area contributed by atoms with E-state index in [1.807, 2.05) is 0 Å². The highest BCUT2D eigenvalue weighted by atomic mass is 16.6. The van der Waals surface area contributed by atoms with Gasteiger partial charge in [-0.2, -0.15) is 0 Å². The predicted molar refractivity (Wildman–Crippen MR) is 293 cm³/mol. The van der Waals surface area contributed by atoms with Crippen LogP contribution in [0.25, 0.3) is 0 Å². The van der Waals surface area contributed by atoms with Gasteiger partial charge in [0.2, 0.25) is 0 Å². The third-order valence-corrected chi connectivity index (χ3v) is 13.7. The average Bonchev–Trinajstić information content (AvgIpc) is 3.34. The lowest BCUT2D eigenvalue weighted by Crippen LogP contribution is -2.30. The van der Waals surface area contributed by atoms with Crippen LogP contribution in [0.1, 0.15) is 335 Å². The van der Waals surface area contributed by atoms with Crippen LogP contribution < -0.4 is 0 Å². The zero-order valence-electron chi connectivity index (χ0n) is 45.9. The van der Waals surface area contributed by atoms with Crippen LogP contribution in [0.4, 0.5) is 0 Å². The van der Waals surface area contributed by atoms with Crippen LogP contribution in [0.3, 0.4) is 0 Å². The molecular formula is C62H116O6. The second kappa shape index (κ2) is 57.5. The Morgan fingerprint density at radius 3 is 0.735 bits per heavy atom. The molecule has 0 aliphatic rings. The standard InChI is InChI=1S/C62H116O6/c1-4-7-10-13-16-19-22-25-27-29-31-33-34-37-40-43-46-49-52-55-61(64)67-58-59(57-66-60(63)54-51-48-45-42-39-36-24-21-18-15-12-9-6-3)68-62(65)56-53-50-47-44-41-38-35-32-30-28-26-23-20-17-14-11-8-5-2/h25,27-28,30,59H,4-24,26,29,31-58H2,1-3H3/b27-25-,30-28-. The van der Waals surface area contributed by atoms with Gasteiger partial charge in [-0.3, -0.25) is 14.4 Å². The van der Waals surface area contributed by atoms with Crippen molar-refractivity contribution in [2.75, 3.05) is 13.2 Å². The predicted octanol–water partition coefficient (Wildman–Crippen LogP) is 20.3. The molecule has 0 aromatic rings. The number of rotatable bonds is 56. The lowest BCUT2D eigenvalue weighted by Gasteiger charge is -2.18. The molecule has 0 saturated carbocycles. The fourth-order valence-electron chi connectivity index (χ4n) is 9.08. The summed E-state index contributed by atoms with van der Waals surface area (Å²) in [5.74, 6) is -0.853. The molecule has 0 spiro atoms. The Kier molecular flexibility index (Phi) is 55.7. The van der Waals surface area contributed by atoms with Crippen LogP contribution in [-0.2, 0) is 28.6 Å². The quantitative estimate of drug-likeness (QED) is 0.0262. The van der Waals surface area contributed by atoms with E-state index in [4.69, 9.17) is 14.2 Å². The first-order valence-electron chi connectivity index (χ1n) is 30.3. The van der Waals surface area contributed by atoms with Gasteiger partial charge in [-0.25, -0.2) is 0 Å². The molecule has 0 amide bonds. The molecule has 1 unspecified atom stereocenters. The van der Waals surface area contributed by atoms with E-state index in [1.165, 1.54) is 238 Å². The molecular weight excluding hydrogens is 841 g/mol. The molecule has 0 rings (SSSR count). The molecule has 0 radical (unpaired) electrons. The van der Waals surface area contributed by atoms with Gasteiger partial charge in [-0.1, -0.05) is 270 Å². The summed E-state index contributed by atoms with van der Waals surface area (Å²) in [7, 11) is 0. The summed E-state index contributed by atoms with van der Waals surface area (Å²) >= 11 is 0. The van der Waals surface area contributed by atoms with E-state index in [1.54, 1.807) is 0 Å². The Hall–Kier alpha value is -2.11. The van der Waals surface area contributed by atoms with Crippen molar-refractivity contribution in [3.05, 3.63) is 24.3 Å². The summed E-state index contributed by atoms with van der Waals surface area (Å²) in [4.78, 5) is 38.2. The molecule has 0 N–H and O–H groups in total. The molecule has 6 heteroatoms. The molecule has 68 heavy (non-hydrogen) atoms. The van der Waals surface area contributed by atoms with Crippen molar-refractivity contribution in [1.82, 2.24) is 0 Å². The van der Waals surface area contributed by atoms with Crippen LogP contribution in [-0.4, -0.2) is 37.2 Å². The molecule has 0 aliphatic carbocycles. The van der Waals surface area contributed by atoms with Crippen molar-refractivity contribution in [1.29, 1.82) is 0 Å². The normalized spacial score (nSPS) is 12.1. The van der Waals surface area contributed by atoms with Crippen molar-refractivity contribution < 1.29 is 28.6 Å². The minimum atomic E-state index is -0.771. The Morgan fingerprint density at radius 1 is 0.279 bits per heavy atom. The van der Waals surface area contributed by atoms with Gasteiger partial charge in [0.25, 0.3) is 0 Å². The highest BCUT2D eigenvalue weighted by molar-refractivity contribution is 5.71. The number of hydrogen-bond donors (Lipinski definition) is 0. The first-order valence-corrected chi connectivity index (χ1v) is 30.3. The van der Waals surface area contributed by atoms with E-state index < -0.39 is 6.10 Å². The van der Waals surface area contributed by atoms with Gasteiger partial charge in [0.15, 0.2) is 6.10 Å². The fourth-order valence-corrected chi connectivity index (χ4v) is 9.08. The number of hydrogen-bond acceptors (Lipinski definition) is 6. The van der Waals surface area contributed by atoms with Crippen LogP contribution in [0.15, 0.2) is 24.3 Å². The molecule has 400 valence electrons. The maximum atomic E-state index is 12.9. The first kappa shape index (κ1) is 65.9. The molecule has 0 aromatic carbocycles. The Balaban J connectivity index is 4.31. The molecule has 1 atom stereocenters. The highest BCUT2D eigenvalue weighted by Crippen LogP contribution is 2.17. The van der Waals surface area contributed by atoms with Crippen LogP contribution >= 0.6 is 0 Å². The monoisotopic (exact) mass is 957 g/mol. The minimum absolute atomic E-state index is 0.0689. The van der Waals surface area contributed by atoms with Crippen LogP contribution in [0, 0.1) is 0 Å². The van der Waals surface area contributed by atoms with E-state index >= 15 is 0 Å². The van der Waals surface area contributed by atoms with Gasteiger partial charge >= 0.3 is 17.9 Å². The van der Waals surface area contributed by atoms with Crippen LogP contribution in [0.5, 0.6) is 0 Å². The van der Waals surface area contributed by atoms with Gasteiger partial charge in [0.1, 0.15) is 13.2 Å². The zero-order chi connectivity index (χ0) is 49.3. The zero-order valence-corrected chi connectivity index (χ0v) is 45.9. The molecule has 0 saturated heterocycles. The third-order valence-electron chi connectivity index (χ3n) is 13.7. The second-order valence-electron chi connectivity index (χ2n) is 20.6. The number of allylic oxidation sites excluding steroid dienone is 4. The molecule has 0 bridgehead atoms. The van der Waals surface area contributed by atoms with E-state index in [-0.39, 0.29) is 31.1 Å². The lowest BCUT2D eigenvalue weighted by molar-refractivity contribution is -0.167. The van der Waals surface area contributed by atoms with Gasteiger partial charge < -0.3 is 14.2 Å². The SMILES string of the molecule is CCCCCCCC/C=C\CCCCCCCCCCCC(=O)OCC(COC(=O)CCCCCCCCCCCCCCC)OC(=O)CCCCCCCCC/C=C\CCCCCCCCC. The fraction of sp³-hybridized carbons (Fsp3) is 0.887. The minimum Gasteiger partial charge on any atom is -0.462 e. The summed E-state index contributed by atoms with van der Waals surface area (Å²) in [6.07, 6.45) is 67.4. The second-order valence-corrected chi connectivity index (χ2v) is 20.6. The van der Waals surface area contributed by atoms with Crippen molar-refractivity contribution in [2.24, 2.45) is 0 Å². The summed E-state index contributed by atoms with van der Waals surface area (Å²) < 4.78 is 16.9. The first-order chi connectivity index (χ1) is 33.5. The average molecular weight is 958 g/mol. The summed E-state index contributed by atoms with van der Waals surface area (Å²) in [6, 6.07) is 0. The Bertz CT molecular complexity index is 1100. The highest BCUT2D eigenvalue weighted by Gasteiger charge is 2.19. The van der Waals surface area contributed by atoms with E-state index in [0.29, 0.717) is 19.3 Å². The van der Waals surface area contributed by atoms with E-state index in [9.17, 15) is 14.4 Å². The molecule has 0 aliphatic heterocycles. The summed E-state index contributed by atoms with van der Waals surface area (Å²) in [6.45, 7) is 6.68. The molecule has 6 nitrogen and oxygen atoms in total. The molecule has 0 aromatic heterocycles. The maximum absolute atomic E-state index is 12.9. The summed E-state index contributed by atoms with van der Waals surface area (Å²) in [5, 5.41) is 0. The maximum Gasteiger partial charge on any atom is 0.306 e. The van der Waals surface area contributed by atoms with Crippen LogP contribution in [0.2, 0.25) is 0 Å². The lowest BCUT2D eigenvalue weighted by atomic mass is 10.0. The van der Waals surface area contributed by atoms with Gasteiger partial charge in [0.05, 0.1) is 0 Å². The number of carbonyl (C=O) groups excluding carboxylic acids is 3. The summed E-state index contributed by atoms with van der Waals surface area (Å²) in [5.41, 5.74) is 0.